The molecule has 4 rings (SSSR count). The van der Waals surface area contributed by atoms with Gasteiger partial charge in [-0.15, -0.1) is 11.8 Å². The van der Waals surface area contributed by atoms with E-state index in [4.69, 9.17) is 0 Å². The number of carbonyl (C=O) groups is 2. The Bertz CT molecular complexity index is 981. The van der Waals surface area contributed by atoms with Crippen molar-refractivity contribution >= 4 is 34.6 Å². The Hall–Kier alpha value is -2.73. The van der Waals surface area contributed by atoms with Crippen LogP contribution in [-0.2, 0) is 11.2 Å². The zero-order valence-corrected chi connectivity index (χ0v) is 15.9. The molecular formula is C21H21N3O2S. The lowest BCUT2D eigenvalue weighted by Gasteiger charge is -2.12. The van der Waals surface area contributed by atoms with Crippen molar-refractivity contribution in [2.75, 3.05) is 12.3 Å². The van der Waals surface area contributed by atoms with Crippen LogP contribution >= 0.6 is 11.8 Å². The number of imide groups is 1. The van der Waals surface area contributed by atoms with Gasteiger partial charge >= 0.3 is 6.03 Å². The number of aromatic amines is 1. The zero-order valence-electron chi connectivity index (χ0n) is 15.1. The molecule has 138 valence electrons. The molecule has 1 aromatic heterocycles. The predicted molar refractivity (Wildman–Crippen MR) is 108 cm³/mol. The molecule has 0 radical (unpaired) electrons. The highest BCUT2D eigenvalue weighted by molar-refractivity contribution is 7.99. The first-order valence-corrected chi connectivity index (χ1v) is 9.97. The number of carbonyl (C=O) groups excluding carboxylic acids is 2. The second-order valence-corrected chi connectivity index (χ2v) is 7.89. The molecule has 3 aromatic rings. The molecule has 1 saturated heterocycles. The van der Waals surface area contributed by atoms with E-state index in [1.54, 1.807) is 11.8 Å². The van der Waals surface area contributed by atoms with E-state index in [1.807, 2.05) is 30.5 Å². The van der Waals surface area contributed by atoms with Crippen molar-refractivity contribution in [3.8, 4) is 0 Å². The average molecular weight is 379 g/mol. The molecule has 1 atom stereocenters. The van der Waals surface area contributed by atoms with Crippen LogP contribution in [0.1, 0.15) is 11.1 Å². The maximum absolute atomic E-state index is 12.7. The van der Waals surface area contributed by atoms with Crippen molar-refractivity contribution in [2.24, 2.45) is 0 Å². The molecule has 3 amide bonds. The van der Waals surface area contributed by atoms with Gasteiger partial charge in [-0.1, -0.05) is 35.9 Å². The molecule has 2 N–H and O–H groups in total. The van der Waals surface area contributed by atoms with Gasteiger partial charge in [0.15, 0.2) is 0 Å². The Morgan fingerprint density at radius 3 is 2.67 bits per heavy atom. The van der Waals surface area contributed by atoms with Crippen LogP contribution in [0.25, 0.3) is 10.9 Å². The molecule has 27 heavy (non-hydrogen) atoms. The number of H-pyrrole nitrogens is 1. The van der Waals surface area contributed by atoms with Gasteiger partial charge in [0.25, 0.3) is 5.91 Å². The van der Waals surface area contributed by atoms with Crippen LogP contribution in [0, 0.1) is 6.92 Å². The van der Waals surface area contributed by atoms with Gasteiger partial charge in [-0.2, -0.15) is 0 Å². The van der Waals surface area contributed by atoms with Crippen LogP contribution < -0.4 is 5.32 Å². The van der Waals surface area contributed by atoms with Gasteiger partial charge in [0.05, 0.1) is 0 Å². The number of nitrogens with zero attached hydrogens (tertiary/aromatic N) is 1. The minimum Gasteiger partial charge on any atom is -0.361 e. The highest BCUT2D eigenvalue weighted by atomic mass is 32.2. The molecular weight excluding hydrogens is 358 g/mol. The maximum atomic E-state index is 12.7. The molecule has 0 bridgehead atoms. The number of aryl methyl sites for hydroxylation is 1. The maximum Gasteiger partial charge on any atom is 0.324 e. The Balaban J connectivity index is 1.37. The second kappa shape index (κ2) is 7.48. The molecule has 1 unspecified atom stereocenters. The number of nitrogens with one attached hydrogen (secondary N) is 2. The summed E-state index contributed by atoms with van der Waals surface area (Å²) in [4.78, 5) is 30.6. The fourth-order valence-electron chi connectivity index (χ4n) is 3.34. The van der Waals surface area contributed by atoms with Crippen LogP contribution in [0.2, 0.25) is 0 Å². The van der Waals surface area contributed by atoms with Crippen molar-refractivity contribution in [3.63, 3.8) is 0 Å². The lowest BCUT2D eigenvalue weighted by molar-refractivity contribution is -0.127. The standard InChI is InChI=1S/C21H21N3O2S/c1-14-6-8-16(9-7-14)27-11-10-24-20(25)19(23-21(24)26)12-15-13-22-18-5-3-2-4-17(15)18/h2-9,13,19,22H,10-12H2,1H3,(H,23,26). The fourth-order valence-corrected chi connectivity index (χ4v) is 4.17. The average Bonchev–Trinajstić information content (AvgIpc) is 3.19. The van der Waals surface area contributed by atoms with E-state index in [2.05, 4.69) is 41.5 Å². The van der Waals surface area contributed by atoms with Crippen molar-refractivity contribution in [1.29, 1.82) is 0 Å². The first kappa shape index (κ1) is 17.7. The number of hydrogen-bond acceptors (Lipinski definition) is 3. The molecule has 0 aliphatic carbocycles. The Kier molecular flexibility index (Phi) is 4.90. The molecule has 1 aliphatic rings. The van der Waals surface area contributed by atoms with Crippen molar-refractivity contribution < 1.29 is 9.59 Å². The minimum absolute atomic E-state index is 0.144. The van der Waals surface area contributed by atoms with Gasteiger partial charge in [0.2, 0.25) is 0 Å². The van der Waals surface area contributed by atoms with E-state index >= 15 is 0 Å². The Morgan fingerprint density at radius 2 is 1.85 bits per heavy atom. The van der Waals surface area contributed by atoms with Crippen LogP contribution in [0.4, 0.5) is 4.79 Å². The van der Waals surface area contributed by atoms with Crippen LogP contribution in [0.15, 0.2) is 59.6 Å². The van der Waals surface area contributed by atoms with Gasteiger partial charge in [0.1, 0.15) is 6.04 Å². The Labute approximate surface area is 162 Å². The molecule has 2 aromatic carbocycles. The van der Waals surface area contributed by atoms with Crippen LogP contribution in [-0.4, -0.2) is 40.2 Å². The smallest absolute Gasteiger partial charge is 0.324 e. The van der Waals surface area contributed by atoms with Gasteiger partial charge in [-0.3, -0.25) is 9.69 Å². The third-order valence-electron chi connectivity index (χ3n) is 4.81. The number of aromatic nitrogens is 1. The number of amides is 3. The number of thioether (sulfide) groups is 1. The normalized spacial score (nSPS) is 16.9. The summed E-state index contributed by atoms with van der Waals surface area (Å²) < 4.78 is 0. The number of benzene rings is 2. The molecule has 1 fully saturated rings. The van der Waals surface area contributed by atoms with Crippen molar-refractivity contribution in [1.82, 2.24) is 15.2 Å². The van der Waals surface area contributed by atoms with Crippen molar-refractivity contribution in [2.45, 2.75) is 24.3 Å². The van der Waals surface area contributed by atoms with E-state index < -0.39 is 6.04 Å². The highest BCUT2D eigenvalue weighted by Gasteiger charge is 2.37. The third-order valence-corrected chi connectivity index (χ3v) is 5.80. The SMILES string of the molecule is Cc1ccc(SCCN2C(=O)NC(Cc3c[nH]c4ccccc34)C2=O)cc1. The van der Waals surface area contributed by atoms with Gasteiger partial charge in [-0.05, 0) is 30.7 Å². The molecule has 6 heteroatoms. The summed E-state index contributed by atoms with van der Waals surface area (Å²) in [5, 5.41) is 3.92. The fraction of sp³-hybridized carbons (Fsp3) is 0.238. The molecule has 1 aliphatic heterocycles. The van der Waals surface area contributed by atoms with Gasteiger partial charge in [-0.25, -0.2) is 4.79 Å². The number of fused-ring (bicyclic) bond motifs is 1. The highest BCUT2D eigenvalue weighted by Crippen LogP contribution is 2.22. The van der Waals surface area contributed by atoms with E-state index in [9.17, 15) is 9.59 Å². The van der Waals surface area contributed by atoms with E-state index in [0.29, 0.717) is 18.7 Å². The predicted octanol–water partition coefficient (Wildman–Crippen LogP) is 3.73. The van der Waals surface area contributed by atoms with Gasteiger partial charge in [0, 0.05) is 40.7 Å². The summed E-state index contributed by atoms with van der Waals surface area (Å²) in [7, 11) is 0. The number of para-hydroxylation sites is 1. The summed E-state index contributed by atoms with van der Waals surface area (Å²) in [6.45, 7) is 2.46. The largest absolute Gasteiger partial charge is 0.361 e. The number of hydrogen-bond donors (Lipinski definition) is 2. The van der Waals surface area contributed by atoms with E-state index in [-0.39, 0.29) is 11.9 Å². The molecule has 0 saturated carbocycles. The quantitative estimate of drug-likeness (QED) is 0.507. The summed E-state index contributed by atoms with van der Waals surface area (Å²) in [6, 6.07) is 15.4. The lowest BCUT2D eigenvalue weighted by Crippen LogP contribution is -2.34. The van der Waals surface area contributed by atoms with Crippen LogP contribution in [0.3, 0.4) is 0 Å². The first-order chi connectivity index (χ1) is 13.1. The monoisotopic (exact) mass is 379 g/mol. The third kappa shape index (κ3) is 3.71. The minimum atomic E-state index is -0.499. The lowest BCUT2D eigenvalue weighted by atomic mass is 10.1. The summed E-state index contributed by atoms with van der Waals surface area (Å²) in [6.07, 6.45) is 2.41. The Morgan fingerprint density at radius 1 is 1.07 bits per heavy atom. The van der Waals surface area contributed by atoms with Crippen molar-refractivity contribution in [3.05, 3.63) is 65.9 Å². The topological polar surface area (TPSA) is 65.2 Å². The zero-order chi connectivity index (χ0) is 18.8. The molecule has 0 spiro atoms. The molecule has 5 nitrogen and oxygen atoms in total. The van der Waals surface area contributed by atoms with Gasteiger partial charge < -0.3 is 10.3 Å². The summed E-state index contributed by atoms with van der Waals surface area (Å²) >= 11 is 1.65. The molecule has 2 heterocycles. The number of urea groups is 1. The van der Waals surface area contributed by atoms with Crippen LogP contribution in [0.5, 0.6) is 0 Å². The van der Waals surface area contributed by atoms with E-state index in [1.165, 1.54) is 10.5 Å². The second-order valence-electron chi connectivity index (χ2n) is 6.72. The summed E-state index contributed by atoms with van der Waals surface area (Å²) in [5.41, 5.74) is 3.30. The first-order valence-electron chi connectivity index (χ1n) is 8.98. The summed E-state index contributed by atoms with van der Waals surface area (Å²) in [5.74, 6) is 0.539. The number of rotatable bonds is 6. The van der Waals surface area contributed by atoms with E-state index in [0.717, 1.165) is 21.4 Å².